The van der Waals surface area contributed by atoms with Gasteiger partial charge in [0.2, 0.25) is 11.8 Å². The fourth-order valence-electron chi connectivity index (χ4n) is 4.01. The second-order valence-electron chi connectivity index (χ2n) is 7.97. The number of benzene rings is 1. The van der Waals surface area contributed by atoms with Gasteiger partial charge in [-0.2, -0.15) is 0 Å². The first-order chi connectivity index (χ1) is 12.9. The van der Waals surface area contributed by atoms with Gasteiger partial charge < -0.3 is 20.7 Å². The molecule has 28 heavy (non-hydrogen) atoms. The Balaban J connectivity index is 0.00000280. The Morgan fingerprint density at radius 2 is 1.93 bits per heavy atom. The van der Waals surface area contributed by atoms with E-state index in [2.05, 4.69) is 22.9 Å². The quantitative estimate of drug-likeness (QED) is 0.698. The van der Waals surface area contributed by atoms with Crippen LogP contribution in [0.2, 0.25) is 0 Å². The largest absolute Gasteiger partial charge is 0.375 e. The lowest BCUT2D eigenvalue weighted by atomic mass is 9.84. The Morgan fingerprint density at radius 3 is 2.57 bits per heavy atom. The van der Waals surface area contributed by atoms with Gasteiger partial charge in [-0.25, -0.2) is 0 Å². The summed E-state index contributed by atoms with van der Waals surface area (Å²) >= 11 is 0. The molecular formula is C21H32ClN3O3. The summed E-state index contributed by atoms with van der Waals surface area (Å²) in [4.78, 5) is 25.7. The van der Waals surface area contributed by atoms with Crippen molar-refractivity contribution in [3.63, 3.8) is 0 Å². The fourth-order valence-corrected chi connectivity index (χ4v) is 4.01. The SMILES string of the molecule is Cc1ccc(NC(=O)C2(CNC(=O)[C@H]3NCCO[C@@H]3C)CCCC2)cc1C.Cl. The van der Waals surface area contributed by atoms with E-state index in [1.54, 1.807) is 0 Å². The molecule has 0 bridgehead atoms. The Hall–Kier alpha value is -1.63. The van der Waals surface area contributed by atoms with E-state index < -0.39 is 5.41 Å². The molecule has 1 aliphatic carbocycles. The maximum absolute atomic E-state index is 13.1. The molecule has 3 rings (SSSR count). The average molecular weight is 410 g/mol. The summed E-state index contributed by atoms with van der Waals surface area (Å²) in [6.45, 7) is 7.64. The number of aryl methyl sites for hydroxylation is 2. The van der Waals surface area contributed by atoms with Crippen LogP contribution in [0.1, 0.15) is 43.7 Å². The molecule has 0 unspecified atom stereocenters. The van der Waals surface area contributed by atoms with Crippen LogP contribution < -0.4 is 16.0 Å². The molecule has 156 valence electrons. The summed E-state index contributed by atoms with van der Waals surface area (Å²) in [5, 5.41) is 9.28. The van der Waals surface area contributed by atoms with E-state index in [1.807, 2.05) is 32.0 Å². The lowest BCUT2D eigenvalue weighted by Gasteiger charge is -2.32. The molecule has 6 nitrogen and oxygen atoms in total. The minimum atomic E-state index is -0.535. The number of amides is 2. The van der Waals surface area contributed by atoms with Crippen LogP contribution in [0.5, 0.6) is 0 Å². The topological polar surface area (TPSA) is 79.5 Å². The number of ether oxygens (including phenoxy) is 1. The third-order valence-corrected chi connectivity index (χ3v) is 6.01. The highest BCUT2D eigenvalue weighted by Gasteiger charge is 2.42. The lowest BCUT2D eigenvalue weighted by molar-refractivity contribution is -0.130. The fraction of sp³-hybridized carbons (Fsp3) is 0.619. The van der Waals surface area contributed by atoms with Crippen LogP contribution in [0, 0.1) is 19.3 Å². The van der Waals surface area contributed by atoms with E-state index >= 15 is 0 Å². The molecule has 0 aromatic heterocycles. The predicted molar refractivity (Wildman–Crippen MR) is 113 cm³/mol. The molecule has 7 heteroatoms. The van der Waals surface area contributed by atoms with E-state index in [9.17, 15) is 9.59 Å². The number of morpholine rings is 1. The van der Waals surface area contributed by atoms with Gasteiger partial charge in [0, 0.05) is 18.8 Å². The van der Waals surface area contributed by atoms with E-state index in [0.29, 0.717) is 19.7 Å². The molecule has 1 saturated heterocycles. The Kier molecular flexibility index (Phi) is 7.87. The van der Waals surface area contributed by atoms with Crippen LogP contribution in [-0.4, -0.2) is 43.7 Å². The van der Waals surface area contributed by atoms with Crippen molar-refractivity contribution in [3.8, 4) is 0 Å². The first-order valence-corrected chi connectivity index (χ1v) is 9.93. The molecule has 1 heterocycles. The van der Waals surface area contributed by atoms with Crippen molar-refractivity contribution in [2.75, 3.05) is 25.0 Å². The molecule has 3 N–H and O–H groups in total. The third kappa shape index (κ3) is 5.04. The zero-order chi connectivity index (χ0) is 19.4. The monoisotopic (exact) mass is 409 g/mol. The number of carbonyl (C=O) groups is 2. The van der Waals surface area contributed by atoms with Crippen LogP contribution in [0.15, 0.2) is 18.2 Å². The molecule has 2 fully saturated rings. The zero-order valence-electron chi connectivity index (χ0n) is 17.0. The van der Waals surface area contributed by atoms with Gasteiger partial charge in [0.15, 0.2) is 0 Å². The summed E-state index contributed by atoms with van der Waals surface area (Å²) < 4.78 is 5.55. The van der Waals surface area contributed by atoms with Crippen molar-refractivity contribution in [1.82, 2.24) is 10.6 Å². The number of hydrogen-bond acceptors (Lipinski definition) is 4. The van der Waals surface area contributed by atoms with Gasteiger partial charge in [-0.05, 0) is 56.9 Å². The average Bonchev–Trinajstić information content (AvgIpc) is 3.13. The second-order valence-corrected chi connectivity index (χ2v) is 7.97. The molecule has 2 atom stereocenters. The van der Waals surface area contributed by atoms with Crippen molar-refractivity contribution in [3.05, 3.63) is 29.3 Å². The third-order valence-electron chi connectivity index (χ3n) is 6.01. The molecule has 2 amide bonds. The minimum absolute atomic E-state index is 0. The van der Waals surface area contributed by atoms with Crippen LogP contribution in [0.25, 0.3) is 0 Å². The van der Waals surface area contributed by atoms with Crippen LogP contribution >= 0.6 is 12.4 Å². The van der Waals surface area contributed by atoms with E-state index in [4.69, 9.17) is 4.74 Å². The van der Waals surface area contributed by atoms with Gasteiger partial charge >= 0.3 is 0 Å². The Labute approximate surface area is 173 Å². The van der Waals surface area contributed by atoms with Crippen molar-refractivity contribution in [2.45, 2.75) is 58.6 Å². The predicted octanol–water partition coefficient (Wildman–Crippen LogP) is 2.72. The number of nitrogens with one attached hydrogen (secondary N) is 3. The van der Waals surface area contributed by atoms with Gasteiger partial charge in [0.25, 0.3) is 0 Å². The molecule has 1 aliphatic heterocycles. The van der Waals surface area contributed by atoms with E-state index in [-0.39, 0.29) is 36.4 Å². The number of halogens is 1. The standard InChI is InChI=1S/C21H31N3O3.ClH/c1-14-6-7-17(12-15(14)2)24-20(26)21(8-4-5-9-21)13-23-19(25)18-16(3)27-11-10-22-18;/h6-7,12,16,18,22H,4-5,8-11,13H2,1-3H3,(H,23,25)(H,24,26);1H/t16-,18+;/m1./s1. The Bertz CT molecular complexity index is 704. The van der Waals surface area contributed by atoms with Crippen molar-refractivity contribution in [1.29, 1.82) is 0 Å². The summed E-state index contributed by atoms with van der Waals surface area (Å²) in [7, 11) is 0. The highest BCUT2D eigenvalue weighted by atomic mass is 35.5. The van der Waals surface area contributed by atoms with Crippen molar-refractivity contribution in [2.24, 2.45) is 5.41 Å². The van der Waals surface area contributed by atoms with Crippen LogP contribution in [0.4, 0.5) is 5.69 Å². The highest BCUT2D eigenvalue weighted by molar-refractivity contribution is 5.96. The van der Waals surface area contributed by atoms with Crippen LogP contribution in [-0.2, 0) is 14.3 Å². The smallest absolute Gasteiger partial charge is 0.239 e. The number of anilines is 1. The van der Waals surface area contributed by atoms with Gasteiger partial charge in [0.05, 0.1) is 18.1 Å². The molecule has 1 aromatic carbocycles. The highest BCUT2D eigenvalue weighted by Crippen LogP contribution is 2.38. The van der Waals surface area contributed by atoms with Gasteiger partial charge in [-0.15, -0.1) is 12.4 Å². The summed E-state index contributed by atoms with van der Waals surface area (Å²) in [5.41, 5.74) is 2.63. The van der Waals surface area contributed by atoms with Gasteiger partial charge in [0.1, 0.15) is 6.04 Å². The molecular weight excluding hydrogens is 378 g/mol. The van der Waals surface area contributed by atoms with Crippen molar-refractivity contribution < 1.29 is 14.3 Å². The summed E-state index contributed by atoms with van der Waals surface area (Å²) in [6.07, 6.45) is 3.46. The van der Waals surface area contributed by atoms with Gasteiger partial charge in [-0.1, -0.05) is 18.9 Å². The van der Waals surface area contributed by atoms with Crippen molar-refractivity contribution >= 4 is 29.9 Å². The normalized spacial score (nSPS) is 23.5. The molecule has 0 radical (unpaired) electrons. The maximum atomic E-state index is 13.1. The molecule has 1 aromatic rings. The number of carbonyl (C=O) groups excluding carboxylic acids is 2. The minimum Gasteiger partial charge on any atom is -0.375 e. The summed E-state index contributed by atoms with van der Waals surface area (Å²) in [6, 6.07) is 5.59. The molecule has 2 aliphatic rings. The van der Waals surface area contributed by atoms with Crippen LogP contribution in [0.3, 0.4) is 0 Å². The zero-order valence-corrected chi connectivity index (χ0v) is 17.8. The van der Waals surface area contributed by atoms with Gasteiger partial charge in [-0.3, -0.25) is 9.59 Å². The summed E-state index contributed by atoms with van der Waals surface area (Å²) in [5.74, 6) is -0.0862. The molecule has 0 spiro atoms. The first kappa shape index (κ1) is 22.7. The first-order valence-electron chi connectivity index (χ1n) is 9.93. The lowest BCUT2D eigenvalue weighted by Crippen LogP contribution is -2.57. The Morgan fingerprint density at radius 1 is 1.21 bits per heavy atom. The molecule has 1 saturated carbocycles. The number of rotatable bonds is 5. The second kappa shape index (κ2) is 9.72. The number of hydrogen-bond donors (Lipinski definition) is 3. The van der Waals surface area contributed by atoms with E-state index in [0.717, 1.165) is 36.9 Å². The maximum Gasteiger partial charge on any atom is 0.239 e. The van der Waals surface area contributed by atoms with E-state index in [1.165, 1.54) is 5.56 Å².